The van der Waals surface area contributed by atoms with Gasteiger partial charge in [0.1, 0.15) is 17.7 Å². The van der Waals surface area contributed by atoms with E-state index in [-0.39, 0.29) is 25.5 Å². The predicted molar refractivity (Wildman–Crippen MR) is 138 cm³/mol. The molecule has 0 aromatic heterocycles. The van der Waals surface area contributed by atoms with Gasteiger partial charge in [-0.1, -0.05) is 44.2 Å². The first-order chi connectivity index (χ1) is 16.6. The van der Waals surface area contributed by atoms with Crippen molar-refractivity contribution >= 4 is 23.9 Å². The lowest BCUT2D eigenvalue weighted by molar-refractivity contribution is -0.149. The summed E-state index contributed by atoms with van der Waals surface area (Å²) >= 11 is 0. The van der Waals surface area contributed by atoms with Gasteiger partial charge in [-0.2, -0.15) is 0 Å². The lowest BCUT2D eigenvalue weighted by Gasteiger charge is -2.43. The summed E-state index contributed by atoms with van der Waals surface area (Å²) in [4.78, 5) is 53.3. The Balaban J connectivity index is 3.37. The molecule has 0 spiro atoms. The van der Waals surface area contributed by atoms with Gasteiger partial charge >= 0.3 is 12.1 Å². The van der Waals surface area contributed by atoms with Gasteiger partial charge in [0.25, 0.3) is 0 Å². The minimum absolute atomic E-state index is 0.0133. The van der Waals surface area contributed by atoms with Gasteiger partial charge in [-0.15, -0.1) is 0 Å². The first-order valence-electron chi connectivity index (χ1n) is 12.4. The molecule has 2 unspecified atom stereocenters. The molecule has 1 aromatic rings. The molecule has 0 heterocycles. The highest BCUT2D eigenvalue weighted by atomic mass is 16.6. The van der Waals surface area contributed by atoms with Crippen molar-refractivity contribution in [2.24, 2.45) is 5.92 Å². The molecule has 9 nitrogen and oxygen atoms in total. The van der Waals surface area contributed by atoms with Gasteiger partial charge < -0.3 is 25.0 Å². The SMILES string of the molecule is CCOC(=O)CCNC(=O)C(c1ccccc1)N(C(=O)C(NC(=O)OC(C)(C)C)C(C)C)C(C)(C)C. The van der Waals surface area contributed by atoms with Crippen molar-refractivity contribution in [3.05, 3.63) is 35.9 Å². The van der Waals surface area contributed by atoms with Crippen LogP contribution in [0.1, 0.15) is 80.3 Å². The maximum absolute atomic E-state index is 14.0. The fourth-order valence-electron chi connectivity index (χ4n) is 3.61. The van der Waals surface area contributed by atoms with Crippen molar-refractivity contribution < 1.29 is 28.7 Å². The van der Waals surface area contributed by atoms with E-state index in [2.05, 4.69) is 10.6 Å². The number of hydrogen-bond donors (Lipinski definition) is 2. The zero-order chi connectivity index (χ0) is 27.7. The van der Waals surface area contributed by atoms with E-state index in [9.17, 15) is 19.2 Å². The summed E-state index contributed by atoms with van der Waals surface area (Å²) in [5.41, 5.74) is -0.919. The molecular weight excluding hydrogens is 462 g/mol. The summed E-state index contributed by atoms with van der Waals surface area (Å²) < 4.78 is 10.3. The van der Waals surface area contributed by atoms with E-state index in [4.69, 9.17) is 9.47 Å². The van der Waals surface area contributed by atoms with Crippen LogP contribution in [-0.2, 0) is 23.9 Å². The molecule has 0 aliphatic rings. The quantitative estimate of drug-likeness (QED) is 0.465. The third-order valence-corrected chi connectivity index (χ3v) is 5.12. The van der Waals surface area contributed by atoms with Crippen LogP contribution in [0, 0.1) is 5.92 Å². The molecule has 0 fully saturated rings. The van der Waals surface area contributed by atoms with E-state index in [0.29, 0.717) is 5.56 Å². The monoisotopic (exact) mass is 505 g/mol. The van der Waals surface area contributed by atoms with Gasteiger partial charge in [0.15, 0.2) is 0 Å². The van der Waals surface area contributed by atoms with Crippen LogP contribution in [0.3, 0.4) is 0 Å². The number of nitrogens with one attached hydrogen (secondary N) is 2. The number of amides is 3. The van der Waals surface area contributed by atoms with E-state index in [1.165, 1.54) is 4.90 Å². The van der Waals surface area contributed by atoms with E-state index < -0.39 is 47.1 Å². The Morgan fingerprint density at radius 1 is 0.972 bits per heavy atom. The van der Waals surface area contributed by atoms with E-state index in [1.54, 1.807) is 52.0 Å². The lowest BCUT2D eigenvalue weighted by Crippen LogP contribution is -2.59. The number of hydrogen-bond acceptors (Lipinski definition) is 6. The third kappa shape index (κ3) is 9.87. The zero-order valence-corrected chi connectivity index (χ0v) is 23.1. The van der Waals surface area contributed by atoms with Crippen molar-refractivity contribution in [2.75, 3.05) is 13.2 Å². The number of nitrogens with zero attached hydrogens (tertiary/aromatic N) is 1. The average molecular weight is 506 g/mol. The first-order valence-corrected chi connectivity index (χ1v) is 12.4. The molecule has 36 heavy (non-hydrogen) atoms. The van der Waals surface area contributed by atoms with Crippen LogP contribution in [-0.4, -0.2) is 59.1 Å². The summed E-state index contributed by atoms with van der Waals surface area (Å²) in [6, 6.07) is 7.01. The summed E-state index contributed by atoms with van der Waals surface area (Å²) in [6.45, 7) is 16.4. The van der Waals surface area contributed by atoms with Gasteiger partial charge in [0.2, 0.25) is 11.8 Å². The maximum atomic E-state index is 14.0. The van der Waals surface area contributed by atoms with Crippen LogP contribution in [0.15, 0.2) is 30.3 Å². The number of rotatable bonds is 10. The summed E-state index contributed by atoms with van der Waals surface area (Å²) in [5.74, 6) is -1.55. The topological polar surface area (TPSA) is 114 Å². The fraction of sp³-hybridized carbons (Fsp3) is 0.630. The summed E-state index contributed by atoms with van der Waals surface area (Å²) in [5, 5.41) is 5.47. The molecule has 1 aromatic carbocycles. The normalized spacial score (nSPS) is 13.4. The Hall–Kier alpha value is -3.10. The Morgan fingerprint density at radius 3 is 2.03 bits per heavy atom. The number of carbonyl (C=O) groups excluding carboxylic acids is 4. The Bertz CT molecular complexity index is 887. The molecule has 3 amide bonds. The zero-order valence-electron chi connectivity index (χ0n) is 23.1. The van der Waals surface area contributed by atoms with E-state index in [0.717, 1.165) is 0 Å². The fourth-order valence-corrected chi connectivity index (χ4v) is 3.61. The molecule has 1 rings (SSSR count). The van der Waals surface area contributed by atoms with E-state index >= 15 is 0 Å². The second-order valence-corrected chi connectivity index (χ2v) is 10.9. The Morgan fingerprint density at radius 2 is 1.56 bits per heavy atom. The van der Waals surface area contributed by atoms with Crippen molar-refractivity contribution in [3.8, 4) is 0 Å². The van der Waals surface area contributed by atoms with Gasteiger partial charge in [0.05, 0.1) is 13.0 Å². The van der Waals surface area contributed by atoms with Crippen LogP contribution in [0.4, 0.5) is 4.79 Å². The van der Waals surface area contributed by atoms with Crippen LogP contribution in [0.2, 0.25) is 0 Å². The molecule has 0 aliphatic heterocycles. The highest BCUT2D eigenvalue weighted by Gasteiger charge is 2.42. The molecule has 2 atom stereocenters. The minimum atomic E-state index is -0.998. The van der Waals surface area contributed by atoms with Gasteiger partial charge in [-0.05, 0) is 59.9 Å². The largest absolute Gasteiger partial charge is 0.466 e. The van der Waals surface area contributed by atoms with Crippen molar-refractivity contribution in [3.63, 3.8) is 0 Å². The van der Waals surface area contributed by atoms with Crippen molar-refractivity contribution in [1.82, 2.24) is 15.5 Å². The average Bonchev–Trinajstić information content (AvgIpc) is 2.73. The molecule has 0 radical (unpaired) electrons. The molecule has 0 saturated heterocycles. The summed E-state index contributed by atoms with van der Waals surface area (Å²) in [7, 11) is 0. The number of alkyl carbamates (subject to hydrolysis) is 1. The second-order valence-electron chi connectivity index (χ2n) is 10.9. The smallest absolute Gasteiger partial charge is 0.408 e. The summed E-state index contributed by atoms with van der Waals surface area (Å²) in [6.07, 6.45) is -0.696. The predicted octanol–water partition coefficient (Wildman–Crippen LogP) is 3.97. The van der Waals surface area contributed by atoms with Crippen molar-refractivity contribution in [2.45, 2.75) is 92.0 Å². The first kappa shape index (κ1) is 30.9. The van der Waals surface area contributed by atoms with Crippen LogP contribution in [0.5, 0.6) is 0 Å². The molecule has 0 saturated carbocycles. The number of esters is 1. The van der Waals surface area contributed by atoms with Crippen LogP contribution >= 0.6 is 0 Å². The lowest BCUT2D eigenvalue weighted by atomic mass is 9.93. The molecular formula is C27H43N3O6. The maximum Gasteiger partial charge on any atom is 0.408 e. The van der Waals surface area contributed by atoms with Crippen molar-refractivity contribution in [1.29, 1.82) is 0 Å². The molecule has 0 aliphatic carbocycles. The van der Waals surface area contributed by atoms with E-state index in [1.807, 2.05) is 40.7 Å². The third-order valence-electron chi connectivity index (χ3n) is 5.12. The highest BCUT2D eigenvalue weighted by Crippen LogP contribution is 2.31. The van der Waals surface area contributed by atoms with Gasteiger partial charge in [-0.3, -0.25) is 14.4 Å². The standard InChI is InChI=1S/C27H43N3O6/c1-10-35-20(31)16-17-28-23(32)22(19-14-12-11-13-15-19)30(26(4,5)6)24(33)21(18(2)3)29-25(34)36-27(7,8)9/h11-15,18,21-22H,10,16-17H2,1-9H3,(H,28,32)(H,29,34). The Kier molecular flexibility index (Phi) is 11.4. The minimum Gasteiger partial charge on any atom is -0.466 e. The van der Waals surface area contributed by atoms with Crippen LogP contribution in [0.25, 0.3) is 0 Å². The Labute approximate surface area is 215 Å². The van der Waals surface area contributed by atoms with Gasteiger partial charge in [0, 0.05) is 12.1 Å². The molecule has 202 valence electrons. The number of benzene rings is 1. The highest BCUT2D eigenvalue weighted by molar-refractivity contribution is 5.93. The number of carbonyl (C=O) groups is 4. The molecule has 0 bridgehead atoms. The molecule has 2 N–H and O–H groups in total. The molecule has 9 heteroatoms. The second kappa shape index (κ2) is 13.3. The van der Waals surface area contributed by atoms with Crippen LogP contribution < -0.4 is 10.6 Å². The number of ether oxygens (including phenoxy) is 2. The van der Waals surface area contributed by atoms with Gasteiger partial charge in [-0.25, -0.2) is 4.79 Å².